The molecular formula is C17H16ClN3OS. The van der Waals surface area contributed by atoms with Gasteiger partial charge in [-0.1, -0.05) is 53.7 Å². The quantitative estimate of drug-likeness (QED) is 0.490. The minimum atomic E-state index is 0.551. The molecule has 0 saturated carbocycles. The molecule has 4 nitrogen and oxygen atoms in total. The molecule has 0 N–H and O–H groups in total. The van der Waals surface area contributed by atoms with Crippen LogP contribution >= 0.6 is 23.4 Å². The first-order chi connectivity index (χ1) is 11.3. The maximum absolute atomic E-state index is 6.07. The van der Waals surface area contributed by atoms with Gasteiger partial charge >= 0.3 is 0 Å². The highest BCUT2D eigenvalue weighted by Gasteiger charge is 2.09. The van der Waals surface area contributed by atoms with E-state index in [2.05, 4.69) is 29.3 Å². The standard InChI is InChI=1S/C17H16ClN3OS/c1-13-6-2-4-8-15(13)21-12-19-20-17(21)23-11-10-22-16-9-5-3-7-14(16)18/h2-9,12H,10-11H2,1H3. The van der Waals surface area contributed by atoms with Crippen LogP contribution < -0.4 is 4.74 Å². The molecule has 3 rings (SSSR count). The van der Waals surface area contributed by atoms with Crippen molar-refractivity contribution in [2.45, 2.75) is 12.1 Å². The van der Waals surface area contributed by atoms with Gasteiger partial charge in [0.1, 0.15) is 12.1 Å². The van der Waals surface area contributed by atoms with E-state index in [0.717, 1.165) is 16.6 Å². The lowest BCUT2D eigenvalue weighted by molar-refractivity contribution is 0.344. The van der Waals surface area contributed by atoms with Crippen LogP contribution in [-0.2, 0) is 0 Å². The number of aryl methyl sites for hydroxylation is 1. The number of hydrogen-bond acceptors (Lipinski definition) is 4. The topological polar surface area (TPSA) is 39.9 Å². The third kappa shape index (κ3) is 3.86. The Balaban J connectivity index is 1.61. The van der Waals surface area contributed by atoms with Crippen LogP contribution in [-0.4, -0.2) is 27.1 Å². The Bertz CT molecular complexity index is 791. The number of rotatable bonds is 6. The summed E-state index contributed by atoms with van der Waals surface area (Å²) in [5.41, 5.74) is 2.27. The summed E-state index contributed by atoms with van der Waals surface area (Å²) >= 11 is 7.67. The first-order valence-corrected chi connectivity index (χ1v) is 8.58. The molecule has 0 aliphatic carbocycles. The molecule has 0 unspecified atom stereocenters. The monoisotopic (exact) mass is 345 g/mol. The molecule has 0 aliphatic rings. The number of aromatic nitrogens is 3. The molecule has 6 heteroatoms. The van der Waals surface area contributed by atoms with Crippen LogP contribution in [0.25, 0.3) is 5.69 Å². The molecule has 23 heavy (non-hydrogen) atoms. The van der Waals surface area contributed by atoms with E-state index in [9.17, 15) is 0 Å². The molecule has 0 aliphatic heterocycles. The molecule has 2 aromatic carbocycles. The second kappa shape index (κ2) is 7.53. The van der Waals surface area contributed by atoms with E-state index in [1.165, 1.54) is 5.56 Å². The van der Waals surface area contributed by atoms with E-state index in [1.807, 2.05) is 41.0 Å². The van der Waals surface area contributed by atoms with Crippen LogP contribution in [0.15, 0.2) is 60.0 Å². The van der Waals surface area contributed by atoms with Crippen molar-refractivity contribution in [2.24, 2.45) is 0 Å². The van der Waals surface area contributed by atoms with Crippen molar-refractivity contribution in [1.29, 1.82) is 0 Å². The number of thioether (sulfide) groups is 1. The molecule has 0 radical (unpaired) electrons. The van der Waals surface area contributed by atoms with Crippen LogP contribution in [0.1, 0.15) is 5.56 Å². The largest absolute Gasteiger partial charge is 0.491 e. The average Bonchev–Trinajstić information content (AvgIpc) is 3.02. The zero-order valence-electron chi connectivity index (χ0n) is 12.6. The number of halogens is 1. The van der Waals surface area contributed by atoms with Gasteiger partial charge in [0.15, 0.2) is 5.16 Å². The van der Waals surface area contributed by atoms with Gasteiger partial charge in [-0.05, 0) is 30.7 Å². The summed E-state index contributed by atoms with van der Waals surface area (Å²) in [5, 5.41) is 9.69. The van der Waals surface area contributed by atoms with Crippen molar-refractivity contribution in [2.75, 3.05) is 12.4 Å². The summed E-state index contributed by atoms with van der Waals surface area (Å²) in [4.78, 5) is 0. The Morgan fingerprint density at radius 2 is 1.91 bits per heavy atom. The molecular weight excluding hydrogens is 330 g/mol. The van der Waals surface area contributed by atoms with Gasteiger partial charge in [-0.25, -0.2) is 0 Å². The second-order valence-electron chi connectivity index (χ2n) is 4.90. The van der Waals surface area contributed by atoms with Crippen LogP contribution in [0.4, 0.5) is 0 Å². The van der Waals surface area contributed by atoms with Gasteiger partial charge in [0.2, 0.25) is 0 Å². The van der Waals surface area contributed by atoms with Crippen LogP contribution in [0, 0.1) is 6.92 Å². The SMILES string of the molecule is Cc1ccccc1-n1cnnc1SCCOc1ccccc1Cl. The highest BCUT2D eigenvalue weighted by molar-refractivity contribution is 7.99. The summed E-state index contributed by atoms with van der Waals surface area (Å²) in [6.45, 7) is 2.62. The zero-order valence-corrected chi connectivity index (χ0v) is 14.2. The van der Waals surface area contributed by atoms with E-state index in [4.69, 9.17) is 16.3 Å². The van der Waals surface area contributed by atoms with Crippen molar-refractivity contribution < 1.29 is 4.74 Å². The number of para-hydroxylation sites is 2. The number of benzene rings is 2. The van der Waals surface area contributed by atoms with Crippen LogP contribution in [0.3, 0.4) is 0 Å². The Kier molecular flexibility index (Phi) is 5.20. The summed E-state index contributed by atoms with van der Waals surface area (Å²) in [6.07, 6.45) is 1.74. The Morgan fingerprint density at radius 1 is 1.13 bits per heavy atom. The number of hydrogen-bond donors (Lipinski definition) is 0. The lowest BCUT2D eigenvalue weighted by Gasteiger charge is -2.10. The van der Waals surface area contributed by atoms with Gasteiger partial charge < -0.3 is 4.74 Å². The van der Waals surface area contributed by atoms with Crippen molar-refractivity contribution in [3.05, 3.63) is 65.4 Å². The highest BCUT2D eigenvalue weighted by Crippen LogP contribution is 2.24. The molecule has 0 amide bonds. The summed E-state index contributed by atoms with van der Waals surface area (Å²) in [7, 11) is 0. The van der Waals surface area contributed by atoms with Crippen molar-refractivity contribution in [3.8, 4) is 11.4 Å². The zero-order chi connectivity index (χ0) is 16.1. The van der Waals surface area contributed by atoms with E-state index >= 15 is 0 Å². The molecule has 0 saturated heterocycles. The van der Waals surface area contributed by atoms with Crippen LogP contribution in [0.2, 0.25) is 5.02 Å². The minimum Gasteiger partial charge on any atom is -0.491 e. The van der Waals surface area contributed by atoms with Gasteiger partial charge in [0.25, 0.3) is 0 Å². The molecule has 0 atom stereocenters. The van der Waals surface area contributed by atoms with Crippen molar-refractivity contribution >= 4 is 23.4 Å². The minimum absolute atomic E-state index is 0.551. The molecule has 0 bridgehead atoms. The van der Waals surface area contributed by atoms with E-state index in [1.54, 1.807) is 18.1 Å². The van der Waals surface area contributed by atoms with E-state index in [-0.39, 0.29) is 0 Å². The Hall–Kier alpha value is -1.98. The predicted octanol–water partition coefficient (Wildman–Crippen LogP) is 4.40. The Morgan fingerprint density at radius 3 is 2.74 bits per heavy atom. The lowest BCUT2D eigenvalue weighted by atomic mass is 10.2. The predicted molar refractivity (Wildman–Crippen MR) is 93.8 cm³/mol. The smallest absolute Gasteiger partial charge is 0.195 e. The summed E-state index contributed by atoms with van der Waals surface area (Å²) in [6, 6.07) is 15.6. The first-order valence-electron chi connectivity index (χ1n) is 7.22. The molecule has 118 valence electrons. The van der Waals surface area contributed by atoms with Crippen molar-refractivity contribution in [3.63, 3.8) is 0 Å². The fourth-order valence-corrected chi connectivity index (χ4v) is 3.10. The third-order valence-electron chi connectivity index (χ3n) is 3.30. The highest BCUT2D eigenvalue weighted by atomic mass is 35.5. The molecule has 1 heterocycles. The third-order valence-corrected chi connectivity index (χ3v) is 4.52. The maximum Gasteiger partial charge on any atom is 0.195 e. The molecule has 0 fully saturated rings. The van der Waals surface area contributed by atoms with Crippen molar-refractivity contribution in [1.82, 2.24) is 14.8 Å². The average molecular weight is 346 g/mol. The van der Waals surface area contributed by atoms with E-state index in [0.29, 0.717) is 17.4 Å². The summed E-state index contributed by atoms with van der Waals surface area (Å²) < 4.78 is 7.69. The van der Waals surface area contributed by atoms with Crippen LogP contribution in [0.5, 0.6) is 5.75 Å². The second-order valence-corrected chi connectivity index (χ2v) is 6.37. The van der Waals surface area contributed by atoms with E-state index < -0.39 is 0 Å². The van der Waals surface area contributed by atoms with Gasteiger partial charge in [-0.2, -0.15) is 0 Å². The number of ether oxygens (including phenoxy) is 1. The fourth-order valence-electron chi connectivity index (χ4n) is 2.17. The fraction of sp³-hybridized carbons (Fsp3) is 0.176. The first kappa shape index (κ1) is 15.9. The summed E-state index contributed by atoms with van der Waals surface area (Å²) in [5.74, 6) is 1.46. The molecule has 3 aromatic rings. The lowest BCUT2D eigenvalue weighted by Crippen LogP contribution is -2.03. The van der Waals surface area contributed by atoms with Gasteiger partial charge in [-0.15, -0.1) is 10.2 Å². The number of nitrogens with zero attached hydrogens (tertiary/aromatic N) is 3. The normalized spacial score (nSPS) is 10.7. The molecule has 1 aromatic heterocycles. The Labute approximate surface area is 144 Å². The van der Waals surface area contributed by atoms with Gasteiger partial charge in [-0.3, -0.25) is 4.57 Å². The molecule has 0 spiro atoms. The maximum atomic E-state index is 6.07. The van der Waals surface area contributed by atoms with Gasteiger partial charge in [0.05, 0.1) is 17.3 Å². The van der Waals surface area contributed by atoms with Gasteiger partial charge in [0, 0.05) is 5.75 Å².